The van der Waals surface area contributed by atoms with Gasteiger partial charge < -0.3 is 4.90 Å². The summed E-state index contributed by atoms with van der Waals surface area (Å²) in [5.74, 6) is 1.80. The van der Waals surface area contributed by atoms with E-state index in [1.165, 1.54) is 19.4 Å². The van der Waals surface area contributed by atoms with Crippen LogP contribution in [-0.4, -0.2) is 24.5 Å². The normalized spacial score (nSPS) is 33.5. The van der Waals surface area contributed by atoms with Crippen LogP contribution >= 0.6 is 0 Å². The molecule has 1 heterocycles. The third-order valence-corrected chi connectivity index (χ3v) is 3.03. The van der Waals surface area contributed by atoms with E-state index in [9.17, 15) is 0 Å². The molecular weight excluding hydrogens is 134 g/mol. The fourth-order valence-electron chi connectivity index (χ4n) is 2.22. The lowest BCUT2D eigenvalue weighted by Crippen LogP contribution is -2.29. The lowest BCUT2D eigenvalue weighted by atomic mass is 9.96. The molecule has 0 N–H and O–H groups in total. The van der Waals surface area contributed by atoms with Gasteiger partial charge in [0.15, 0.2) is 0 Å². The van der Waals surface area contributed by atoms with Gasteiger partial charge in [-0.05, 0) is 25.3 Å². The number of hydrogen-bond acceptors (Lipinski definition) is 1. The summed E-state index contributed by atoms with van der Waals surface area (Å²) in [6.07, 6.45) is 2.78. The third-order valence-electron chi connectivity index (χ3n) is 3.03. The Morgan fingerprint density at radius 2 is 2.09 bits per heavy atom. The van der Waals surface area contributed by atoms with Gasteiger partial charge in [-0.2, -0.15) is 0 Å². The van der Waals surface area contributed by atoms with Crippen molar-refractivity contribution in [2.24, 2.45) is 11.8 Å². The highest BCUT2D eigenvalue weighted by molar-refractivity contribution is 4.84. The molecule has 1 aliphatic heterocycles. The highest BCUT2D eigenvalue weighted by atomic mass is 15.2. The molecule has 2 atom stereocenters. The van der Waals surface area contributed by atoms with Crippen LogP contribution in [0.1, 0.15) is 33.6 Å². The highest BCUT2D eigenvalue weighted by Gasteiger charge is 2.29. The fraction of sp³-hybridized carbons (Fsp3) is 1.00. The summed E-state index contributed by atoms with van der Waals surface area (Å²) in [5, 5.41) is 0. The van der Waals surface area contributed by atoms with E-state index in [0.717, 1.165) is 17.9 Å². The quantitative estimate of drug-likeness (QED) is 0.592. The molecule has 1 aliphatic rings. The molecule has 0 aromatic rings. The second kappa shape index (κ2) is 3.57. The predicted molar refractivity (Wildman–Crippen MR) is 49.7 cm³/mol. The number of likely N-dealkylation sites (tertiary alicyclic amines) is 1. The monoisotopic (exact) mass is 155 g/mol. The lowest BCUT2D eigenvalue weighted by Gasteiger charge is -2.22. The maximum absolute atomic E-state index is 2.53. The molecule has 0 spiro atoms. The Balaban J connectivity index is 2.45. The molecule has 66 valence electrons. The van der Waals surface area contributed by atoms with Crippen molar-refractivity contribution < 1.29 is 0 Å². The van der Waals surface area contributed by atoms with Crippen molar-refractivity contribution in [2.75, 3.05) is 13.6 Å². The van der Waals surface area contributed by atoms with Gasteiger partial charge >= 0.3 is 0 Å². The summed E-state index contributed by atoms with van der Waals surface area (Å²) in [7, 11) is 2.26. The zero-order chi connectivity index (χ0) is 8.43. The molecule has 11 heavy (non-hydrogen) atoms. The van der Waals surface area contributed by atoms with Gasteiger partial charge in [-0.1, -0.05) is 27.2 Å². The van der Waals surface area contributed by atoms with Crippen LogP contribution < -0.4 is 0 Å². The Bertz CT molecular complexity index is 120. The van der Waals surface area contributed by atoms with Gasteiger partial charge in [0.05, 0.1) is 0 Å². The standard InChI is InChI=1S/C10H21N/c1-5-9-6-10(8(2)3)11(4)7-9/h8-10H,5-7H2,1-4H3/t9-,10+/m0/s1. The highest BCUT2D eigenvalue weighted by Crippen LogP contribution is 2.28. The number of nitrogens with zero attached hydrogens (tertiary/aromatic N) is 1. The summed E-state index contributed by atoms with van der Waals surface area (Å²) < 4.78 is 0. The molecular formula is C10H21N. The molecule has 1 fully saturated rings. The smallest absolute Gasteiger partial charge is 0.0118 e. The Morgan fingerprint density at radius 1 is 1.45 bits per heavy atom. The fourth-order valence-corrected chi connectivity index (χ4v) is 2.22. The average Bonchev–Trinajstić information content (AvgIpc) is 2.30. The van der Waals surface area contributed by atoms with E-state index in [-0.39, 0.29) is 0 Å². The Morgan fingerprint density at radius 3 is 2.36 bits per heavy atom. The Hall–Kier alpha value is -0.0400. The summed E-state index contributed by atoms with van der Waals surface area (Å²) >= 11 is 0. The van der Waals surface area contributed by atoms with Gasteiger partial charge in [0.25, 0.3) is 0 Å². The van der Waals surface area contributed by atoms with Gasteiger partial charge in [0.2, 0.25) is 0 Å². The van der Waals surface area contributed by atoms with Crippen molar-refractivity contribution >= 4 is 0 Å². The van der Waals surface area contributed by atoms with E-state index in [4.69, 9.17) is 0 Å². The summed E-state index contributed by atoms with van der Waals surface area (Å²) in [6.45, 7) is 8.29. The first-order valence-electron chi connectivity index (χ1n) is 4.85. The van der Waals surface area contributed by atoms with Crippen LogP contribution in [0.3, 0.4) is 0 Å². The van der Waals surface area contributed by atoms with Gasteiger partial charge in [0.1, 0.15) is 0 Å². The van der Waals surface area contributed by atoms with Crippen molar-refractivity contribution in [3.8, 4) is 0 Å². The zero-order valence-electron chi connectivity index (χ0n) is 8.30. The molecule has 0 amide bonds. The molecule has 0 bridgehead atoms. The Kier molecular flexibility index (Phi) is 2.94. The molecule has 1 heteroatoms. The van der Waals surface area contributed by atoms with E-state index in [0.29, 0.717) is 0 Å². The van der Waals surface area contributed by atoms with Gasteiger partial charge in [-0.25, -0.2) is 0 Å². The third kappa shape index (κ3) is 1.96. The maximum atomic E-state index is 2.53. The second-order valence-corrected chi connectivity index (χ2v) is 4.26. The van der Waals surface area contributed by atoms with Crippen LogP contribution in [0, 0.1) is 11.8 Å². The van der Waals surface area contributed by atoms with Crippen molar-refractivity contribution in [2.45, 2.75) is 39.7 Å². The van der Waals surface area contributed by atoms with Crippen LogP contribution in [0.2, 0.25) is 0 Å². The van der Waals surface area contributed by atoms with E-state index >= 15 is 0 Å². The SMILES string of the molecule is CC[C@H]1C[C@H](C(C)C)N(C)C1. The van der Waals surface area contributed by atoms with Crippen LogP contribution in [-0.2, 0) is 0 Å². The minimum Gasteiger partial charge on any atom is -0.303 e. The molecule has 0 unspecified atom stereocenters. The van der Waals surface area contributed by atoms with Crippen molar-refractivity contribution in [3.05, 3.63) is 0 Å². The lowest BCUT2D eigenvalue weighted by molar-refractivity contribution is 0.249. The summed E-state index contributed by atoms with van der Waals surface area (Å²) in [4.78, 5) is 2.53. The molecule has 1 nitrogen and oxygen atoms in total. The first kappa shape index (κ1) is 9.05. The maximum Gasteiger partial charge on any atom is 0.0118 e. The minimum atomic E-state index is 0.830. The van der Waals surface area contributed by atoms with Crippen LogP contribution in [0.25, 0.3) is 0 Å². The molecule has 1 rings (SSSR count). The molecule has 0 radical (unpaired) electrons. The van der Waals surface area contributed by atoms with E-state index < -0.39 is 0 Å². The van der Waals surface area contributed by atoms with Crippen LogP contribution in [0.4, 0.5) is 0 Å². The van der Waals surface area contributed by atoms with Crippen molar-refractivity contribution in [1.29, 1.82) is 0 Å². The van der Waals surface area contributed by atoms with E-state index in [2.05, 4.69) is 32.7 Å². The van der Waals surface area contributed by atoms with Crippen molar-refractivity contribution in [3.63, 3.8) is 0 Å². The van der Waals surface area contributed by atoms with Gasteiger partial charge in [-0.3, -0.25) is 0 Å². The van der Waals surface area contributed by atoms with E-state index in [1.54, 1.807) is 0 Å². The minimum absolute atomic E-state index is 0.830. The van der Waals surface area contributed by atoms with Crippen molar-refractivity contribution in [1.82, 2.24) is 4.90 Å². The molecule has 0 saturated carbocycles. The molecule has 0 aromatic carbocycles. The Labute approximate surface area is 70.8 Å². The summed E-state index contributed by atoms with van der Waals surface area (Å²) in [6, 6.07) is 0.847. The van der Waals surface area contributed by atoms with Crippen LogP contribution in [0.5, 0.6) is 0 Å². The average molecular weight is 155 g/mol. The first-order chi connectivity index (χ1) is 5.15. The van der Waals surface area contributed by atoms with E-state index in [1.807, 2.05) is 0 Å². The van der Waals surface area contributed by atoms with Gasteiger partial charge in [-0.15, -0.1) is 0 Å². The van der Waals surface area contributed by atoms with Gasteiger partial charge in [0, 0.05) is 12.6 Å². The first-order valence-corrected chi connectivity index (χ1v) is 4.85. The largest absolute Gasteiger partial charge is 0.303 e. The summed E-state index contributed by atoms with van der Waals surface area (Å²) in [5.41, 5.74) is 0. The number of hydrogen-bond donors (Lipinski definition) is 0. The second-order valence-electron chi connectivity index (χ2n) is 4.26. The number of rotatable bonds is 2. The molecule has 0 aromatic heterocycles. The topological polar surface area (TPSA) is 3.24 Å². The zero-order valence-corrected chi connectivity index (χ0v) is 8.30. The molecule has 0 aliphatic carbocycles. The van der Waals surface area contributed by atoms with Crippen LogP contribution in [0.15, 0.2) is 0 Å². The molecule has 1 saturated heterocycles. The predicted octanol–water partition coefficient (Wildman–Crippen LogP) is 2.37.